The lowest BCUT2D eigenvalue weighted by Crippen LogP contribution is -2.29. The Labute approximate surface area is 132 Å². The molecular formula is C16H18BrFN2O. The van der Waals surface area contributed by atoms with Crippen molar-refractivity contribution in [2.75, 3.05) is 7.11 Å². The van der Waals surface area contributed by atoms with Gasteiger partial charge >= 0.3 is 0 Å². The van der Waals surface area contributed by atoms with Crippen LogP contribution in [0.2, 0.25) is 0 Å². The second-order valence-corrected chi connectivity index (χ2v) is 5.60. The first-order valence-corrected chi connectivity index (χ1v) is 7.48. The van der Waals surface area contributed by atoms with Crippen LogP contribution in [0.1, 0.15) is 23.6 Å². The maximum atomic E-state index is 14.0. The maximum Gasteiger partial charge on any atom is 0.129 e. The van der Waals surface area contributed by atoms with E-state index in [9.17, 15) is 4.39 Å². The second kappa shape index (κ2) is 7.54. The van der Waals surface area contributed by atoms with Crippen LogP contribution in [-0.4, -0.2) is 7.11 Å². The first-order valence-electron chi connectivity index (χ1n) is 6.68. The van der Waals surface area contributed by atoms with Gasteiger partial charge in [0, 0.05) is 10.0 Å². The van der Waals surface area contributed by atoms with Crippen molar-refractivity contribution in [1.29, 1.82) is 0 Å². The summed E-state index contributed by atoms with van der Waals surface area (Å²) < 4.78 is 19.8. The Hall–Kier alpha value is -1.43. The molecule has 0 radical (unpaired) electrons. The highest BCUT2D eigenvalue weighted by atomic mass is 79.9. The van der Waals surface area contributed by atoms with Crippen molar-refractivity contribution in [3.8, 4) is 5.75 Å². The average Bonchev–Trinajstić information content (AvgIpc) is 2.50. The predicted octanol–water partition coefficient (Wildman–Crippen LogP) is 3.73. The number of hydrazine groups is 1. The zero-order chi connectivity index (χ0) is 15.2. The van der Waals surface area contributed by atoms with E-state index >= 15 is 0 Å². The van der Waals surface area contributed by atoms with Gasteiger partial charge in [0.05, 0.1) is 13.2 Å². The molecule has 3 N–H and O–H groups in total. The van der Waals surface area contributed by atoms with Gasteiger partial charge < -0.3 is 4.74 Å². The number of ether oxygens (including phenoxy) is 1. The number of hydrogen-bond donors (Lipinski definition) is 2. The summed E-state index contributed by atoms with van der Waals surface area (Å²) in [4.78, 5) is 0. The van der Waals surface area contributed by atoms with Crippen LogP contribution >= 0.6 is 15.9 Å². The van der Waals surface area contributed by atoms with E-state index in [1.807, 2.05) is 30.3 Å². The number of nitrogens with one attached hydrogen (secondary N) is 1. The third-order valence-corrected chi connectivity index (χ3v) is 4.12. The molecule has 2 aromatic carbocycles. The van der Waals surface area contributed by atoms with Crippen LogP contribution in [0.4, 0.5) is 4.39 Å². The van der Waals surface area contributed by atoms with E-state index in [2.05, 4.69) is 21.4 Å². The van der Waals surface area contributed by atoms with Gasteiger partial charge in [0.1, 0.15) is 11.6 Å². The van der Waals surface area contributed by atoms with Gasteiger partial charge in [-0.1, -0.05) is 34.1 Å². The number of hydrogen-bond acceptors (Lipinski definition) is 3. The van der Waals surface area contributed by atoms with Crippen molar-refractivity contribution in [2.24, 2.45) is 5.84 Å². The topological polar surface area (TPSA) is 47.3 Å². The largest absolute Gasteiger partial charge is 0.497 e. The zero-order valence-corrected chi connectivity index (χ0v) is 13.4. The third kappa shape index (κ3) is 4.03. The summed E-state index contributed by atoms with van der Waals surface area (Å²) >= 11 is 3.38. The van der Waals surface area contributed by atoms with Crippen molar-refractivity contribution in [2.45, 2.75) is 18.9 Å². The molecule has 0 saturated carbocycles. The minimum absolute atomic E-state index is 0.248. The molecule has 0 fully saturated rings. The Bertz CT molecular complexity index is 569. The first-order chi connectivity index (χ1) is 10.2. The molecular weight excluding hydrogens is 335 g/mol. The molecule has 0 aliphatic carbocycles. The predicted molar refractivity (Wildman–Crippen MR) is 85.5 cm³/mol. The lowest BCUT2D eigenvalue weighted by molar-refractivity contribution is 0.414. The van der Waals surface area contributed by atoms with Crippen LogP contribution in [0, 0.1) is 5.82 Å². The fourth-order valence-corrected chi connectivity index (χ4v) is 2.88. The Balaban J connectivity index is 2.08. The third-order valence-electron chi connectivity index (χ3n) is 3.43. The van der Waals surface area contributed by atoms with Gasteiger partial charge in [0.2, 0.25) is 0 Å². The second-order valence-electron chi connectivity index (χ2n) is 4.74. The van der Waals surface area contributed by atoms with Crippen molar-refractivity contribution in [3.05, 3.63) is 63.9 Å². The fraction of sp³-hybridized carbons (Fsp3) is 0.250. The highest BCUT2D eigenvalue weighted by Gasteiger charge is 2.17. The molecule has 2 aromatic rings. The molecule has 0 aliphatic rings. The summed E-state index contributed by atoms with van der Waals surface area (Å²) in [5, 5.41) is 0. The molecule has 0 saturated heterocycles. The quantitative estimate of drug-likeness (QED) is 0.615. The van der Waals surface area contributed by atoms with Gasteiger partial charge in [-0.2, -0.15) is 0 Å². The number of nitrogens with two attached hydrogens (primary N) is 1. The van der Waals surface area contributed by atoms with Crippen LogP contribution in [0.15, 0.2) is 46.9 Å². The summed E-state index contributed by atoms with van der Waals surface area (Å²) in [6, 6.07) is 12.5. The molecule has 112 valence electrons. The van der Waals surface area contributed by atoms with Crippen LogP contribution in [-0.2, 0) is 6.42 Å². The molecule has 0 aromatic heterocycles. The van der Waals surface area contributed by atoms with Crippen LogP contribution in [0.5, 0.6) is 5.75 Å². The summed E-state index contributed by atoms with van der Waals surface area (Å²) in [5.74, 6) is 6.16. The van der Waals surface area contributed by atoms with Gasteiger partial charge in [-0.3, -0.25) is 11.3 Å². The molecule has 2 rings (SSSR count). The van der Waals surface area contributed by atoms with Crippen molar-refractivity contribution >= 4 is 15.9 Å². The van der Waals surface area contributed by atoms with E-state index in [1.165, 1.54) is 6.07 Å². The molecule has 5 heteroatoms. The van der Waals surface area contributed by atoms with E-state index in [1.54, 1.807) is 13.2 Å². The smallest absolute Gasteiger partial charge is 0.129 e. The van der Waals surface area contributed by atoms with E-state index in [0.717, 1.165) is 22.2 Å². The molecule has 3 nitrogen and oxygen atoms in total. The van der Waals surface area contributed by atoms with Gasteiger partial charge in [-0.25, -0.2) is 4.39 Å². The van der Waals surface area contributed by atoms with E-state index in [4.69, 9.17) is 10.6 Å². The Morgan fingerprint density at radius 1 is 1.24 bits per heavy atom. The normalized spacial score (nSPS) is 12.2. The zero-order valence-electron chi connectivity index (χ0n) is 11.8. The molecule has 0 heterocycles. The summed E-state index contributed by atoms with van der Waals surface area (Å²) in [6.45, 7) is 0. The molecule has 0 spiro atoms. The van der Waals surface area contributed by atoms with Crippen LogP contribution < -0.4 is 16.0 Å². The Morgan fingerprint density at radius 3 is 2.52 bits per heavy atom. The Morgan fingerprint density at radius 2 is 1.95 bits per heavy atom. The lowest BCUT2D eigenvalue weighted by atomic mass is 9.99. The molecule has 1 unspecified atom stereocenters. The molecule has 21 heavy (non-hydrogen) atoms. The van der Waals surface area contributed by atoms with Gasteiger partial charge in [0.25, 0.3) is 0 Å². The highest BCUT2D eigenvalue weighted by Crippen LogP contribution is 2.29. The number of aryl methyl sites for hydroxylation is 1. The van der Waals surface area contributed by atoms with Gasteiger partial charge in [-0.15, -0.1) is 0 Å². The van der Waals surface area contributed by atoms with Crippen molar-refractivity contribution in [3.63, 3.8) is 0 Å². The minimum Gasteiger partial charge on any atom is -0.497 e. The first kappa shape index (κ1) is 15.9. The van der Waals surface area contributed by atoms with Crippen LogP contribution in [0.25, 0.3) is 0 Å². The van der Waals surface area contributed by atoms with Gasteiger partial charge in [-0.05, 0) is 42.7 Å². The van der Waals surface area contributed by atoms with E-state index < -0.39 is 0 Å². The Kier molecular flexibility index (Phi) is 5.73. The average molecular weight is 353 g/mol. The van der Waals surface area contributed by atoms with Crippen molar-refractivity contribution < 1.29 is 9.13 Å². The standard InChI is InChI=1S/C16H18BrFN2O/c1-21-12-8-5-11(6-9-12)7-10-15(20-19)16-13(17)3-2-4-14(16)18/h2-6,8-9,15,20H,7,10,19H2,1H3. The lowest BCUT2D eigenvalue weighted by Gasteiger charge is -2.18. The molecule has 1 atom stereocenters. The fourth-order valence-electron chi connectivity index (χ4n) is 2.26. The number of methoxy groups -OCH3 is 1. The molecule has 0 amide bonds. The van der Waals surface area contributed by atoms with Gasteiger partial charge in [0.15, 0.2) is 0 Å². The van der Waals surface area contributed by atoms with E-state index in [-0.39, 0.29) is 11.9 Å². The number of benzene rings is 2. The summed E-state index contributed by atoms with van der Waals surface area (Å²) in [7, 11) is 1.64. The monoisotopic (exact) mass is 352 g/mol. The summed E-state index contributed by atoms with van der Waals surface area (Å²) in [6.07, 6.45) is 1.49. The number of rotatable bonds is 6. The minimum atomic E-state index is -0.262. The molecule has 0 aliphatic heterocycles. The maximum absolute atomic E-state index is 14.0. The highest BCUT2D eigenvalue weighted by molar-refractivity contribution is 9.10. The van der Waals surface area contributed by atoms with Crippen molar-refractivity contribution in [1.82, 2.24) is 5.43 Å². The van der Waals surface area contributed by atoms with Crippen LogP contribution in [0.3, 0.4) is 0 Å². The summed E-state index contributed by atoms with van der Waals surface area (Å²) in [5.41, 5.74) is 4.42. The number of halogens is 2. The SMILES string of the molecule is COc1ccc(CCC(NN)c2c(F)cccc2Br)cc1. The molecule has 0 bridgehead atoms. The van der Waals surface area contributed by atoms with E-state index in [0.29, 0.717) is 12.0 Å².